The molecule has 0 spiro atoms. The molecule has 1 aliphatic heterocycles. The molecule has 30 heavy (non-hydrogen) atoms. The van der Waals surface area contributed by atoms with Crippen molar-refractivity contribution >= 4 is 39.6 Å². The first kappa shape index (κ1) is 23.9. The van der Waals surface area contributed by atoms with Crippen molar-refractivity contribution in [3.05, 3.63) is 40.9 Å². The van der Waals surface area contributed by atoms with Crippen molar-refractivity contribution < 1.29 is 37.1 Å². The minimum Gasteiger partial charge on any atom is -0.466 e. The molecule has 0 unspecified atom stereocenters. The predicted octanol–water partition coefficient (Wildman–Crippen LogP) is 1.01. The molecule has 1 saturated heterocycles. The van der Waals surface area contributed by atoms with Crippen molar-refractivity contribution in [3.8, 4) is 0 Å². The van der Waals surface area contributed by atoms with Gasteiger partial charge in [0.15, 0.2) is 0 Å². The van der Waals surface area contributed by atoms with Crippen molar-refractivity contribution in [2.75, 3.05) is 40.2 Å². The lowest BCUT2D eigenvalue weighted by Crippen LogP contribution is -2.27. The second-order valence-electron chi connectivity index (χ2n) is 5.95. The molecule has 12 heteroatoms. The Labute approximate surface area is 178 Å². The van der Waals surface area contributed by atoms with E-state index < -0.39 is 22.0 Å². The van der Waals surface area contributed by atoms with Gasteiger partial charge in [-0.15, -0.1) is 0 Å². The van der Waals surface area contributed by atoms with E-state index in [4.69, 9.17) is 9.57 Å². The molecule has 1 heterocycles. The third kappa shape index (κ3) is 5.81. The Hall–Kier alpha value is -2.41. The minimum absolute atomic E-state index is 0.00767. The highest BCUT2D eigenvalue weighted by Gasteiger charge is 2.27. The van der Waals surface area contributed by atoms with Crippen LogP contribution in [0.25, 0.3) is 0 Å². The van der Waals surface area contributed by atoms with Crippen LogP contribution in [0.4, 0.5) is 0 Å². The highest BCUT2D eigenvalue weighted by atomic mass is 32.2. The Morgan fingerprint density at radius 2 is 2.03 bits per heavy atom. The summed E-state index contributed by atoms with van der Waals surface area (Å²) < 4.78 is 35.0. The molecule has 1 aromatic carbocycles. The number of nitrogens with zero attached hydrogens (tertiary/aromatic N) is 2. The first-order chi connectivity index (χ1) is 14.2. The van der Waals surface area contributed by atoms with Crippen molar-refractivity contribution in [1.29, 1.82) is 0 Å². The molecule has 1 fully saturated rings. The molecule has 2 rings (SSSR count). The van der Waals surface area contributed by atoms with Gasteiger partial charge in [0.1, 0.15) is 0 Å². The van der Waals surface area contributed by atoms with Crippen LogP contribution < -0.4 is 0 Å². The number of carbonyl (C=O) groups excluding carboxylic acids is 3. The SMILES string of the molecule is COC(=O)/C=C1\SCC(=O)N1CCCOC(=O)c1cccc(S(=O)(=O)N(C)OC)c1. The maximum atomic E-state index is 12.3. The maximum absolute atomic E-state index is 12.3. The number of hydrogen-bond acceptors (Lipinski definition) is 9. The van der Waals surface area contributed by atoms with Gasteiger partial charge in [0.2, 0.25) is 5.91 Å². The quantitative estimate of drug-likeness (QED) is 0.231. The number of esters is 2. The van der Waals surface area contributed by atoms with Gasteiger partial charge in [-0.1, -0.05) is 22.3 Å². The molecule has 1 aromatic rings. The van der Waals surface area contributed by atoms with Crippen LogP contribution in [-0.2, 0) is 33.9 Å². The smallest absolute Gasteiger partial charge is 0.338 e. The van der Waals surface area contributed by atoms with E-state index in [9.17, 15) is 22.8 Å². The lowest BCUT2D eigenvalue weighted by Gasteiger charge is -2.17. The second-order valence-corrected chi connectivity index (χ2v) is 8.89. The van der Waals surface area contributed by atoms with E-state index in [1.807, 2.05) is 0 Å². The number of carbonyl (C=O) groups is 3. The zero-order valence-electron chi connectivity index (χ0n) is 16.7. The number of benzene rings is 1. The summed E-state index contributed by atoms with van der Waals surface area (Å²) in [7, 11) is -0.194. The molecular weight excluding hydrogens is 436 g/mol. The van der Waals surface area contributed by atoms with Crippen LogP contribution in [0.2, 0.25) is 0 Å². The molecule has 164 valence electrons. The molecular formula is C18H22N2O8S2. The van der Waals surface area contributed by atoms with E-state index in [1.54, 1.807) is 0 Å². The summed E-state index contributed by atoms with van der Waals surface area (Å²) in [5, 5.41) is 0.485. The zero-order chi connectivity index (χ0) is 22.3. The Kier molecular flexibility index (Phi) is 8.41. The molecule has 0 aliphatic carbocycles. The van der Waals surface area contributed by atoms with E-state index in [2.05, 4.69) is 4.74 Å². The van der Waals surface area contributed by atoms with Crippen LogP contribution in [0.5, 0.6) is 0 Å². The van der Waals surface area contributed by atoms with Crippen LogP contribution in [0.3, 0.4) is 0 Å². The van der Waals surface area contributed by atoms with Crippen molar-refractivity contribution in [2.24, 2.45) is 0 Å². The van der Waals surface area contributed by atoms with Crippen LogP contribution in [0, 0.1) is 0 Å². The maximum Gasteiger partial charge on any atom is 0.338 e. The number of hydrogen-bond donors (Lipinski definition) is 0. The summed E-state index contributed by atoms with van der Waals surface area (Å²) >= 11 is 1.23. The summed E-state index contributed by atoms with van der Waals surface area (Å²) in [6, 6.07) is 5.40. The van der Waals surface area contributed by atoms with Gasteiger partial charge in [0.05, 0.1) is 48.1 Å². The first-order valence-corrected chi connectivity index (χ1v) is 11.2. The van der Waals surface area contributed by atoms with Crippen LogP contribution >= 0.6 is 11.8 Å². The Morgan fingerprint density at radius 3 is 2.70 bits per heavy atom. The number of ether oxygens (including phenoxy) is 2. The summed E-state index contributed by atoms with van der Waals surface area (Å²) in [6.45, 7) is 0.267. The van der Waals surface area contributed by atoms with Crippen molar-refractivity contribution in [2.45, 2.75) is 11.3 Å². The van der Waals surface area contributed by atoms with Gasteiger partial charge in [0.25, 0.3) is 10.0 Å². The summed E-state index contributed by atoms with van der Waals surface area (Å²) in [5.74, 6) is -1.18. The largest absolute Gasteiger partial charge is 0.466 e. The van der Waals surface area contributed by atoms with Gasteiger partial charge in [0, 0.05) is 13.6 Å². The fourth-order valence-electron chi connectivity index (χ4n) is 2.43. The molecule has 0 aromatic heterocycles. The Morgan fingerprint density at radius 1 is 1.30 bits per heavy atom. The van der Waals surface area contributed by atoms with E-state index in [0.717, 1.165) is 0 Å². The van der Waals surface area contributed by atoms with Gasteiger partial charge in [-0.25, -0.2) is 18.0 Å². The number of amides is 1. The fraction of sp³-hybridized carbons (Fsp3) is 0.389. The monoisotopic (exact) mass is 458 g/mol. The summed E-state index contributed by atoms with van der Waals surface area (Å²) in [5.41, 5.74) is 0.0691. The molecule has 1 aliphatic rings. The topological polar surface area (TPSA) is 120 Å². The van der Waals surface area contributed by atoms with Gasteiger partial charge in [-0.05, 0) is 24.6 Å². The second kappa shape index (κ2) is 10.6. The highest BCUT2D eigenvalue weighted by molar-refractivity contribution is 8.04. The molecule has 0 N–H and O–H groups in total. The third-order valence-corrected chi connectivity index (χ3v) is 6.78. The zero-order valence-corrected chi connectivity index (χ0v) is 18.3. The average Bonchev–Trinajstić information content (AvgIpc) is 3.09. The predicted molar refractivity (Wildman–Crippen MR) is 108 cm³/mol. The average molecular weight is 459 g/mol. The van der Waals surface area contributed by atoms with Crippen LogP contribution in [-0.4, -0.2) is 75.8 Å². The first-order valence-electron chi connectivity index (χ1n) is 8.73. The summed E-state index contributed by atoms with van der Waals surface area (Å²) in [4.78, 5) is 41.6. The lowest BCUT2D eigenvalue weighted by molar-refractivity contribution is -0.134. The standard InChI is InChI=1S/C18H22N2O8S2/c1-19(27-3)30(24,25)14-7-4-6-13(10-14)18(23)28-9-5-8-20-15(21)12-29-16(20)11-17(22)26-2/h4,6-7,10-11H,5,8-9,12H2,1-3H3/b16-11-. The molecule has 0 atom stereocenters. The molecule has 0 radical (unpaired) electrons. The van der Waals surface area contributed by atoms with E-state index in [1.165, 1.54) is 68.3 Å². The van der Waals surface area contributed by atoms with Gasteiger partial charge < -0.3 is 14.4 Å². The van der Waals surface area contributed by atoms with Crippen LogP contribution in [0.15, 0.2) is 40.3 Å². The Balaban J connectivity index is 1.94. The van der Waals surface area contributed by atoms with E-state index >= 15 is 0 Å². The highest BCUT2D eigenvalue weighted by Crippen LogP contribution is 2.28. The van der Waals surface area contributed by atoms with E-state index in [-0.39, 0.29) is 35.3 Å². The molecule has 0 bridgehead atoms. The third-order valence-electron chi connectivity index (χ3n) is 4.08. The molecule has 10 nitrogen and oxygen atoms in total. The van der Waals surface area contributed by atoms with Crippen molar-refractivity contribution in [1.82, 2.24) is 9.37 Å². The molecule has 1 amide bonds. The van der Waals surface area contributed by atoms with Crippen LogP contribution in [0.1, 0.15) is 16.8 Å². The number of thioether (sulfide) groups is 1. The Bertz CT molecular complexity index is 945. The normalized spacial score (nSPS) is 15.7. The van der Waals surface area contributed by atoms with Gasteiger partial charge in [-0.3, -0.25) is 9.63 Å². The van der Waals surface area contributed by atoms with E-state index in [0.29, 0.717) is 15.9 Å². The fourth-order valence-corrected chi connectivity index (χ4v) is 4.40. The number of methoxy groups -OCH3 is 1. The summed E-state index contributed by atoms with van der Waals surface area (Å²) in [6.07, 6.45) is 1.57. The number of sulfonamides is 1. The van der Waals surface area contributed by atoms with Crippen molar-refractivity contribution in [3.63, 3.8) is 0 Å². The molecule has 0 saturated carbocycles. The van der Waals surface area contributed by atoms with Gasteiger partial charge >= 0.3 is 11.9 Å². The number of hydroxylamine groups is 1. The number of rotatable bonds is 9. The minimum atomic E-state index is -3.89. The van der Waals surface area contributed by atoms with Gasteiger partial charge in [-0.2, -0.15) is 0 Å². The lowest BCUT2D eigenvalue weighted by atomic mass is 10.2.